The highest BCUT2D eigenvalue weighted by Crippen LogP contribution is 2.20. The van der Waals surface area contributed by atoms with E-state index in [4.69, 9.17) is 11.1 Å². The van der Waals surface area contributed by atoms with Crippen molar-refractivity contribution in [2.45, 2.75) is 26.8 Å². The molecule has 13 heavy (non-hydrogen) atoms. The Kier molecular flexibility index (Phi) is 2.70. The van der Waals surface area contributed by atoms with Crippen molar-refractivity contribution in [1.82, 2.24) is 9.55 Å². The smallest absolute Gasteiger partial charge is 0.0963 e. The predicted octanol–water partition coefficient (Wildman–Crippen LogP) is 1.24. The molecular formula is C9H16N4. The molecule has 0 radical (unpaired) electrons. The molecule has 4 nitrogen and oxygen atoms in total. The molecule has 1 rings (SSSR count). The minimum absolute atomic E-state index is 0.218. The highest BCUT2D eigenvalue weighted by molar-refractivity contribution is 5.82. The Morgan fingerprint density at radius 1 is 1.62 bits per heavy atom. The molecular weight excluding hydrogens is 164 g/mol. The summed E-state index contributed by atoms with van der Waals surface area (Å²) in [6.45, 7) is 4.81. The Balaban J connectivity index is 2.47. The number of amidine groups is 1. The molecule has 0 aromatic carbocycles. The lowest BCUT2D eigenvalue weighted by molar-refractivity contribution is 0.427. The minimum Gasteiger partial charge on any atom is -0.387 e. The first-order valence-corrected chi connectivity index (χ1v) is 4.32. The van der Waals surface area contributed by atoms with Gasteiger partial charge in [-0.05, 0) is 6.42 Å². The largest absolute Gasteiger partial charge is 0.387 e. The molecule has 72 valence electrons. The fourth-order valence-corrected chi connectivity index (χ4v) is 0.962. The molecule has 0 atom stereocenters. The van der Waals surface area contributed by atoms with Gasteiger partial charge in [0.25, 0.3) is 0 Å². The maximum Gasteiger partial charge on any atom is 0.0963 e. The first kappa shape index (κ1) is 9.77. The lowest BCUT2D eigenvalue weighted by Gasteiger charge is -2.22. The Morgan fingerprint density at radius 2 is 2.31 bits per heavy atom. The number of rotatable bonds is 4. The summed E-state index contributed by atoms with van der Waals surface area (Å²) in [5, 5.41) is 7.38. The fraction of sp³-hybridized carbons (Fsp3) is 0.556. The number of imidazole rings is 1. The van der Waals surface area contributed by atoms with Crippen LogP contribution in [0.3, 0.4) is 0 Å². The third kappa shape index (κ3) is 2.57. The van der Waals surface area contributed by atoms with Gasteiger partial charge >= 0.3 is 0 Å². The highest BCUT2D eigenvalue weighted by Gasteiger charge is 2.20. The topological polar surface area (TPSA) is 67.7 Å². The third-order valence-corrected chi connectivity index (χ3v) is 2.28. The second kappa shape index (κ2) is 3.60. The van der Waals surface area contributed by atoms with Gasteiger partial charge in [-0.3, -0.25) is 5.41 Å². The molecule has 3 N–H and O–H groups in total. The second-order valence-corrected chi connectivity index (χ2v) is 3.85. The van der Waals surface area contributed by atoms with Crippen molar-refractivity contribution in [2.24, 2.45) is 11.1 Å². The molecule has 1 aromatic rings. The van der Waals surface area contributed by atoms with E-state index < -0.39 is 0 Å². The number of nitrogens with two attached hydrogens (primary N) is 1. The number of hydrogen-bond donors (Lipinski definition) is 2. The molecule has 1 aromatic heterocycles. The maximum absolute atomic E-state index is 7.38. The predicted molar refractivity (Wildman–Crippen MR) is 52.5 cm³/mol. The molecule has 0 aliphatic carbocycles. The van der Waals surface area contributed by atoms with Gasteiger partial charge in [0.2, 0.25) is 0 Å². The number of nitrogens with one attached hydrogen (secondary N) is 1. The van der Waals surface area contributed by atoms with Crippen molar-refractivity contribution in [3.63, 3.8) is 0 Å². The Morgan fingerprint density at radius 3 is 2.77 bits per heavy atom. The first-order valence-electron chi connectivity index (χ1n) is 4.32. The van der Waals surface area contributed by atoms with E-state index in [1.807, 2.05) is 24.6 Å². The van der Waals surface area contributed by atoms with E-state index in [1.165, 1.54) is 0 Å². The van der Waals surface area contributed by atoms with Crippen LogP contribution in [0.4, 0.5) is 0 Å². The third-order valence-electron chi connectivity index (χ3n) is 2.28. The zero-order valence-electron chi connectivity index (χ0n) is 8.12. The molecule has 1 heterocycles. The first-order chi connectivity index (χ1) is 6.02. The van der Waals surface area contributed by atoms with Gasteiger partial charge in [-0.1, -0.05) is 13.8 Å². The van der Waals surface area contributed by atoms with E-state index >= 15 is 0 Å². The normalized spacial score (nSPS) is 11.5. The van der Waals surface area contributed by atoms with E-state index in [-0.39, 0.29) is 11.3 Å². The lowest BCUT2D eigenvalue weighted by Crippen LogP contribution is -2.31. The standard InChI is InChI=1S/C9H16N4/c1-9(2,8(10)11)3-5-13-6-4-12-7-13/h4,6-7H,3,5H2,1-2H3,(H3,10,11). The van der Waals surface area contributed by atoms with Gasteiger partial charge in [-0.15, -0.1) is 0 Å². The average Bonchev–Trinajstić information content (AvgIpc) is 2.52. The van der Waals surface area contributed by atoms with Crippen molar-refractivity contribution in [3.05, 3.63) is 18.7 Å². The van der Waals surface area contributed by atoms with Crippen LogP contribution < -0.4 is 5.73 Å². The van der Waals surface area contributed by atoms with Crippen molar-refractivity contribution in [1.29, 1.82) is 5.41 Å². The minimum atomic E-state index is -0.218. The summed E-state index contributed by atoms with van der Waals surface area (Å²) in [5.41, 5.74) is 5.25. The van der Waals surface area contributed by atoms with Crippen molar-refractivity contribution in [3.8, 4) is 0 Å². The number of nitrogens with zero attached hydrogens (tertiary/aromatic N) is 2. The van der Waals surface area contributed by atoms with Crippen molar-refractivity contribution in [2.75, 3.05) is 0 Å². The van der Waals surface area contributed by atoms with Crippen LogP contribution in [0.25, 0.3) is 0 Å². The molecule has 0 bridgehead atoms. The van der Waals surface area contributed by atoms with Crippen LogP contribution >= 0.6 is 0 Å². The average molecular weight is 180 g/mol. The zero-order chi connectivity index (χ0) is 9.90. The summed E-state index contributed by atoms with van der Waals surface area (Å²) < 4.78 is 1.99. The van der Waals surface area contributed by atoms with E-state index in [1.54, 1.807) is 12.5 Å². The number of hydrogen-bond acceptors (Lipinski definition) is 2. The van der Waals surface area contributed by atoms with E-state index in [9.17, 15) is 0 Å². The van der Waals surface area contributed by atoms with Crippen LogP contribution in [0.15, 0.2) is 18.7 Å². The van der Waals surface area contributed by atoms with Gasteiger partial charge in [0.05, 0.1) is 12.2 Å². The summed E-state index contributed by atoms with van der Waals surface area (Å²) >= 11 is 0. The van der Waals surface area contributed by atoms with Gasteiger partial charge in [-0.2, -0.15) is 0 Å². The molecule has 0 aliphatic heterocycles. The van der Waals surface area contributed by atoms with Crippen molar-refractivity contribution >= 4 is 5.84 Å². The van der Waals surface area contributed by atoms with Crippen LogP contribution in [-0.2, 0) is 6.54 Å². The van der Waals surface area contributed by atoms with Crippen LogP contribution in [0.2, 0.25) is 0 Å². The van der Waals surface area contributed by atoms with E-state index in [0.717, 1.165) is 13.0 Å². The zero-order valence-corrected chi connectivity index (χ0v) is 8.12. The van der Waals surface area contributed by atoms with E-state index in [0.29, 0.717) is 0 Å². The van der Waals surface area contributed by atoms with Gasteiger partial charge in [-0.25, -0.2) is 4.98 Å². The van der Waals surface area contributed by atoms with E-state index in [2.05, 4.69) is 4.98 Å². The molecule has 0 unspecified atom stereocenters. The molecule has 0 fully saturated rings. The molecule has 0 saturated heterocycles. The summed E-state index contributed by atoms with van der Waals surface area (Å²) in [6, 6.07) is 0. The van der Waals surface area contributed by atoms with Gasteiger partial charge in [0.15, 0.2) is 0 Å². The summed E-state index contributed by atoms with van der Waals surface area (Å²) in [4.78, 5) is 3.95. The highest BCUT2D eigenvalue weighted by atomic mass is 15.0. The van der Waals surface area contributed by atoms with Crippen molar-refractivity contribution < 1.29 is 0 Å². The Bertz CT molecular complexity index is 274. The van der Waals surface area contributed by atoms with Crippen LogP contribution in [0.5, 0.6) is 0 Å². The summed E-state index contributed by atoms with van der Waals surface area (Å²) in [5.74, 6) is 0.243. The molecule has 0 amide bonds. The lowest BCUT2D eigenvalue weighted by atomic mass is 9.88. The summed E-state index contributed by atoms with van der Waals surface area (Å²) in [6.07, 6.45) is 6.30. The molecule has 0 spiro atoms. The Labute approximate surface area is 78.3 Å². The van der Waals surface area contributed by atoms with Crippen LogP contribution in [0.1, 0.15) is 20.3 Å². The van der Waals surface area contributed by atoms with Crippen LogP contribution in [0, 0.1) is 10.8 Å². The van der Waals surface area contributed by atoms with Gasteiger partial charge in [0.1, 0.15) is 0 Å². The number of aromatic nitrogens is 2. The summed E-state index contributed by atoms with van der Waals surface area (Å²) in [7, 11) is 0. The second-order valence-electron chi connectivity index (χ2n) is 3.85. The Hall–Kier alpha value is -1.32. The maximum atomic E-state index is 7.38. The van der Waals surface area contributed by atoms with Crippen LogP contribution in [-0.4, -0.2) is 15.4 Å². The van der Waals surface area contributed by atoms with Gasteiger partial charge in [0, 0.05) is 24.4 Å². The fourth-order valence-electron chi connectivity index (χ4n) is 0.962. The van der Waals surface area contributed by atoms with Gasteiger partial charge < -0.3 is 10.3 Å². The molecule has 0 aliphatic rings. The number of aryl methyl sites for hydroxylation is 1. The monoisotopic (exact) mass is 180 g/mol. The quantitative estimate of drug-likeness (QED) is 0.540. The SMILES string of the molecule is CC(C)(CCn1ccnc1)C(=N)N. The molecule has 4 heteroatoms. The molecule has 0 saturated carbocycles.